The minimum Gasteiger partial charge on any atom is -0.484 e. The van der Waals surface area contributed by atoms with Crippen LogP contribution in [0.25, 0.3) is 0 Å². The molecule has 0 spiro atoms. The Morgan fingerprint density at radius 2 is 2.05 bits per heavy atom. The van der Waals surface area contributed by atoms with Crippen LogP contribution in [0.1, 0.15) is 17.4 Å². The largest absolute Gasteiger partial charge is 0.484 e. The summed E-state index contributed by atoms with van der Waals surface area (Å²) in [6.07, 6.45) is 0. The number of hydrogen-bond acceptors (Lipinski definition) is 6. The number of thiazole rings is 1. The Labute approximate surface area is 145 Å². The van der Waals surface area contributed by atoms with Crippen LogP contribution in [0.15, 0.2) is 29.6 Å². The smallest absolute Gasteiger partial charge is 0.357 e. The first-order chi connectivity index (χ1) is 10.6. The number of nitrogens with zero attached hydrogens (tertiary/aromatic N) is 1. The Kier molecular flexibility index (Phi) is 6.13. The standard InChI is InChI=1S/C14H13IN2O4S/c1-2-20-13(19)11-8-22-14(16-11)17-12(18)7-21-10-5-3-9(15)4-6-10/h3-6,8H,2,7H2,1H3,(H,16,17,18). The number of ether oxygens (including phenoxy) is 2. The Bertz CT molecular complexity index is 657. The summed E-state index contributed by atoms with van der Waals surface area (Å²) in [7, 11) is 0. The highest BCUT2D eigenvalue weighted by Crippen LogP contribution is 2.17. The number of anilines is 1. The summed E-state index contributed by atoms with van der Waals surface area (Å²) in [4.78, 5) is 27.2. The fourth-order valence-electron chi connectivity index (χ4n) is 1.46. The molecule has 0 aliphatic heterocycles. The Hall–Kier alpha value is -1.68. The van der Waals surface area contributed by atoms with Crippen LogP contribution in [0, 0.1) is 3.57 Å². The van der Waals surface area contributed by atoms with Crippen LogP contribution in [-0.4, -0.2) is 30.1 Å². The van der Waals surface area contributed by atoms with Gasteiger partial charge in [0.1, 0.15) is 5.75 Å². The van der Waals surface area contributed by atoms with E-state index in [1.54, 1.807) is 19.1 Å². The van der Waals surface area contributed by atoms with Gasteiger partial charge in [0.05, 0.1) is 6.61 Å². The van der Waals surface area contributed by atoms with E-state index >= 15 is 0 Å². The zero-order valence-electron chi connectivity index (χ0n) is 11.7. The van der Waals surface area contributed by atoms with Crippen molar-refractivity contribution in [2.75, 3.05) is 18.5 Å². The summed E-state index contributed by atoms with van der Waals surface area (Å²) >= 11 is 3.34. The maximum absolute atomic E-state index is 11.8. The van der Waals surface area contributed by atoms with Gasteiger partial charge in [0, 0.05) is 8.95 Å². The molecule has 0 aliphatic carbocycles. The second kappa shape index (κ2) is 8.08. The highest BCUT2D eigenvalue weighted by molar-refractivity contribution is 14.1. The van der Waals surface area contributed by atoms with Gasteiger partial charge in [-0.05, 0) is 53.8 Å². The molecule has 0 saturated heterocycles. The summed E-state index contributed by atoms with van der Waals surface area (Å²) in [5.41, 5.74) is 0.181. The van der Waals surface area contributed by atoms with Crippen LogP contribution in [0.5, 0.6) is 5.75 Å². The van der Waals surface area contributed by atoms with Crippen molar-refractivity contribution >= 4 is 50.9 Å². The Morgan fingerprint density at radius 3 is 2.73 bits per heavy atom. The lowest BCUT2D eigenvalue weighted by molar-refractivity contribution is -0.118. The number of halogens is 1. The van der Waals surface area contributed by atoms with E-state index in [9.17, 15) is 9.59 Å². The molecular formula is C14H13IN2O4S. The highest BCUT2D eigenvalue weighted by atomic mass is 127. The molecule has 0 radical (unpaired) electrons. The molecule has 1 heterocycles. The second-order valence-corrected chi connectivity index (χ2v) is 6.15. The topological polar surface area (TPSA) is 77.5 Å². The van der Waals surface area contributed by atoms with Gasteiger partial charge in [-0.15, -0.1) is 11.3 Å². The molecule has 2 aromatic rings. The number of nitrogens with one attached hydrogen (secondary N) is 1. The van der Waals surface area contributed by atoms with Crippen molar-refractivity contribution in [2.45, 2.75) is 6.92 Å². The zero-order chi connectivity index (χ0) is 15.9. The lowest BCUT2D eigenvalue weighted by Gasteiger charge is -2.05. The fourth-order valence-corrected chi connectivity index (χ4v) is 2.52. The molecule has 1 N–H and O–H groups in total. The van der Waals surface area contributed by atoms with E-state index in [-0.39, 0.29) is 24.8 Å². The third-order valence-corrected chi connectivity index (χ3v) is 3.90. The zero-order valence-corrected chi connectivity index (χ0v) is 14.6. The average molecular weight is 432 g/mol. The predicted molar refractivity (Wildman–Crippen MR) is 91.4 cm³/mol. The molecule has 0 atom stereocenters. The third-order valence-electron chi connectivity index (χ3n) is 2.42. The van der Waals surface area contributed by atoms with E-state index < -0.39 is 5.97 Å². The van der Waals surface area contributed by atoms with E-state index in [4.69, 9.17) is 9.47 Å². The molecular weight excluding hydrogens is 419 g/mol. The average Bonchev–Trinajstić information content (AvgIpc) is 2.95. The number of aromatic nitrogens is 1. The minimum absolute atomic E-state index is 0.130. The Morgan fingerprint density at radius 1 is 1.32 bits per heavy atom. The predicted octanol–water partition coefficient (Wildman–Crippen LogP) is 2.94. The second-order valence-electron chi connectivity index (χ2n) is 4.05. The SMILES string of the molecule is CCOC(=O)c1csc(NC(=O)COc2ccc(I)cc2)n1. The molecule has 8 heteroatoms. The lowest BCUT2D eigenvalue weighted by atomic mass is 10.3. The molecule has 0 fully saturated rings. The number of esters is 1. The summed E-state index contributed by atoms with van der Waals surface area (Å²) in [5, 5.41) is 4.44. The first-order valence-electron chi connectivity index (χ1n) is 6.39. The third kappa shape index (κ3) is 4.95. The van der Waals surface area contributed by atoms with Gasteiger partial charge in [0.2, 0.25) is 0 Å². The van der Waals surface area contributed by atoms with Gasteiger partial charge in [0.25, 0.3) is 5.91 Å². The molecule has 0 aliphatic rings. The molecule has 0 bridgehead atoms. The molecule has 1 aromatic carbocycles. The maximum Gasteiger partial charge on any atom is 0.357 e. The van der Waals surface area contributed by atoms with Crippen LogP contribution >= 0.6 is 33.9 Å². The number of amides is 1. The van der Waals surface area contributed by atoms with Gasteiger partial charge in [-0.3, -0.25) is 10.1 Å². The van der Waals surface area contributed by atoms with Gasteiger partial charge in [0.15, 0.2) is 17.4 Å². The van der Waals surface area contributed by atoms with Crippen molar-refractivity contribution in [3.05, 3.63) is 38.9 Å². The minimum atomic E-state index is -0.505. The van der Waals surface area contributed by atoms with Crippen LogP contribution in [0.4, 0.5) is 5.13 Å². The molecule has 116 valence electrons. The molecule has 22 heavy (non-hydrogen) atoms. The van der Waals surface area contributed by atoms with Crippen molar-refractivity contribution in [2.24, 2.45) is 0 Å². The van der Waals surface area contributed by atoms with Crippen molar-refractivity contribution < 1.29 is 19.1 Å². The summed E-state index contributed by atoms with van der Waals surface area (Å²) in [5.74, 6) is -0.236. The molecule has 2 rings (SSSR count). The normalized spacial score (nSPS) is 10.1. The summed E-state index contributed by atoms with van der Waals surface area (Å²) in [6.45, 7) is 1.87. The molecule has 1 aromatic heterocycles. The summed E-state index contributed by atoms with van der Waals surface area (Å²) < 4.78 is 11.3. The summed E-state index contributed by atoms with van der Waals surface area (Å²) in [6, 6.07) is 7.36. The van der Waals surface area contributed by atoms with Gasteiger partial charge < -0.3 is 9.47 Å². The number of benzene rings is 1. The fraction of sp³-hybridized carbons (Fsp3) is 0.214. The number of hydrogen-bond donors (Lipinski definition) is 1. The Balaban J connectivity index is 1.84. The van der Waals surface area contributed by atoms with Crippen molar-refractivity contribution in [3.63, 3.8) is 0 Å². The van der Waals surface area contributed by atoms with E-state index in [0.29, 0.717) is 10.9 Å². The number of carbonyl (C=O) groups is 2. The van der Waals surface area contributed by atoms with E-state index in [1.165, 1.54) is 5.38 Å². The van der Waals surface area contributed by atoms with Crippen molar-refractivity contribution in [1.29, 1.82) is 0 Å². The number of carbonyl (C=O) groups excluding carboxylic acids is 2. The first kappa shape index (κ1) is 16.7. The van der Waals surface area contributed by atoms with Gasteiger partial charge in [-0.2, -0.15) is 0 Å². The van der Waals surface area contributed by atoms with E-state index in [1.807, 2.05) is 12.1 Å². The van der Waals surface area contributed by atoms with Gasteiger partial charge >= 0.3 is 5.97 Å². The van der Waals surface area contributed by atoms with Crippen LogP contribution in [-0.2, 0) is 9.53 Å². The monoisotopic (exact) mass is 432 g/mol. The molecule has 0 saturated carbocycles. The quantitative estimate of drug-likeness (QED) is 0.561. The number of rotatable bonds is 6. The molecule has 0 unspecified atom stereocenters. The van der Waals surface area contributed by atoms with Gasteiger partial charge in [-0.25, -0.2) is 9.78 Å². The first-order valence-corrected chi connectivity index (χ1v) is 8.35. The van der Waals surface area contributed by atoms with Crippen molar-refractivity contribution in [1.82, 2.24) is 4.98 Å². The van der Waals surface area contributed by atoms with E-state index in [0.717, 1.165) is 14.9 Å². The van der Waals surface area contributed by atoms with Crippen molar-refractivity contribution in [3.8, 4) is 5.75 Å². The van der Waals surface area contributed by atoms with Gasteiger partial charge in [-0.1, -0.05) is 0 Å². The van der Waals surface area contributed by atoms with Crippen LogP contribution < -0.4 is 10.1 Å². The van der Waals surface area contributed by atoms with Crippen LogP contribution in [0.2, 0.25) is 0 Å². The highest BCUT2D eigenvalue weighted by Gasteiger charge is 2.13. The maximum atomic E-state index is 11.8. The molecule has 1 amide bonds. The van der Waals surface area contributed by atoms with E-state index in [2.05, 4.69) is 32.9 Å². The molecule has 6 nitrogen and oxygen atoms in total. The van der Waals surface area contributed by atoms with Crippen LogP contribution in [0.3, 0.4) is 0 Å². The lowest BCUT2D eigenvalue weighted by Crippen LogP contribution is -2.20.